The molecular weight excluding hydrogens is 282 g/mol. The molecule has 3 N–H and O–H groups in total. The van der Waals surface area contributed by atoms with E-state index in [-0.39, 0.29) is 5.91 Å². The van der Waals surface area contributed by atoms with Crippen molar-refractivity contribution in [3.63, 3.8) is 0 Å². The standard InChI is InChI=1S/C13H12ClN3OS/c14-10-4-3-8(15)5-9(10)12(18)17-13-16-11(6-19-13)7-1-2-7/h3-7H,1-2,15H2,(H,16,17,18). The minimum atomic E-state index is -0.283. The van der Waals surface area contributed by atoms with Crippen molar-refractivity contribution in [2.24, 2.45) is 0 Å². The number of rotatable bonds is 3. The van der Waals surface area contributed by atoms with E-state index in [1.54, 1.807) is 18.2 Å². The maximum Gasteiger partial charge on any atom is 0.259 e. The van der Waals surface area contributed by atoms with Crippen LogP contribution in [0.1, 0.15) is 34.8 Å². The number of nitrogens with one attached hydrogen (secondary N) is 1. The highest BCUT2D eigenvalue weighted by Crippen LogP contribution is 2.40. The van der Waals surface area contributed by atoms with Crippen molar-refractivity contribution in [2.45, 2.75) is 18.8 Å². The molecule has 0 unspecified atom stereocenters. The lowest BCUT2D eigenvalue weighted by molar-refractivity contribution is 0.102. The van der Waals surface area contributed by atoms with Crippen LogP contribution in [0.15, 0.2) is 23.6 Å². The Balaban J connectivity index is 1.77. The number of amides is 1. The van der Waals surface area contributed by atoms with Crippen LogP contribution in [0.4, 0.5) is 10.8 Å². The average Bonchev–Trinajstić information content (AvgIpc) is 3.13. The van der Waals surface area contributed by atoms with E-state index in [0.29, 0.717) is 27.3 Å². The highest BCUT2D eigenvalue weighted by atomic mass is 35.5. The van der Waals surface area contributed by atoms with Gasteiger partial charge in [0, 0.05) is 17.0 Å². The summed E-state index contributed by atoms with van der Waals surface area (Å²) < 4.78 is 0. The molecule has 1 aromatic heterocycles. The highest BCUT2D eigenvalue weighted by Gasteiger charge is 2.26. The second kappa shape index (κ2) is 4.83. The maximum absolute atomic E-state index is 12.1. The molecule has 0 aliphatic heterocycles. The third-order valence-corrected chi connectivity index (χ3v) is 4.08. The molecule has 0 bridgehead atoms. The van der Waals surface area contributed by atoms with Gasteiger partial charge in [-0.1, -0.05) is 11.6 Å². The molecule has 19 heavy (non-hydrogen) atoms. The fourth-order valence-corrected chi connectivity index (χ4v) is 2.78. The van der Waals surface area contributed by atoms with Gasteiger partial charge in [-0.3, -0.25) is 10.1 Å². The van der Waals surface area contributed by atoms with E-state index >= 15 is 0 Å². The Bertz CT molecular complexity index is 637. The molecule has 0 spiro atoms. The van der Waals surface area contributed by atoms with Gasteiger partial charge < -0.3 is 5.73 Å². The number of nitrogen functional groups attached to an aromatic ring is 1. The van der Waals surface area contributed by atoms with Crippen LogP contribution in [-0.2, 0) is 0 Å². The number of anilines is 2. The molecule has 1 amide bonds. The largest absolute Gasteiger partial charge is 0.399 e. The smallest absolute Gasteiger partial charge is 0.259 e. The Morgan fingerprint density at radius 2 is 2.26 bits per heavy atom. The molecular formula is C13H12ClN3OS. The van der Waals surface area contributed by atoms with Gasteiger partial charge in [-0.25, -0.2) is 4.98 Å². The van der Waals surface area contributed by atoms with E-state index in [1.165, 1.54) is 24.2 Å². The van der Waals surface area contributed by atoms with Gasteiger partial charge in [0.15, 0.2) is 5.13 Å². The van der Waals surface area contributed by atoms with E-state index in [2.05, 4.69) is 10.3 Å². The van der Waals surface area contributed by atoms with Crippen LogP contribution in [0.2, 0.25) is 5.02 Å². The predicted molar refractivity (Wildman–Crippen MR) is 77.9 cm³/mol. The normalized spacial score (nSPS) is 14.4. The average molecular weight is 294 g/mol. The molecule has 3 rings (SSSR count). The van der Waals surface area contributed by atoms with Gasteiger partial charge in [-0.2, -0.15) is 0 Å². The van der Waals surface area contributed by atoms with Crippen molar-refractivity contribution >= 4 is 39.7 Å². The Morgan fingerprint density at radius 3 is 3.00 bits per heavy atom. The molecule has 1 fully saturated rings. The molecule has 1 saturated carbocycles. The van der Waals surface area contributed by atoms with Crippen LogP contribution in [0.25, 0.3) is 0 Å². The van der Waals surface area contributed by atoms with Crippen LogP contribution in [0, 0.1) is 0 Å². The van der Waals surface area contributed by atoms with Crippen molar-refractivity contribution in [2.75, 3.05) is 11.1 Å². The number of halogens is 1. The Labute approximate surface area is 119 Å². The summed E-state index contributed by atoms with van der Waals surface area (Å²) in [5.41, 5.74) is 7.60. The van der Waals surface area contributed by atoms with Gasteiger partial charge >= 0.3 is 0 Å². The second-order valence-electron chi connectivity index (χ2n) is 4.55. The molecule has 4 nitrogen and oxygen atoms in total. The lowest BCUT2D eigenvalue weighted by Crippen LogP contribution is -2.12. The van der Waals surface area contributed by atoms with Crippen LogP contribution >= 0.6 is 22.9 Å². The van der Waals surface area contributed by atoms with Gasteiger partial charge in [-0.05, 0) is 31.0 Å². The molecule has 1 aliphatic carbocycles. The Kier molecular flexibility index (Phi) is 3.16. The quantitative estimate of drug-likeness (QED) is 0.851. The highest BCUT2D eigenvalue weighted by molar-refractivity contribution is 7.14. The van der Waals surface area contributed by atoms with Crippen LogP contribution < -0.4 is 11.1 Å². The monoisotopic (exact) mass is 293 g/mol. The Hall–Kier alpha value is -1.59. The summed E-state index contributed by atoms with van der Waals surface area (Å²) in [6.07, 6.45) is 2.39. The minimum Gasteiger partial charge on any atom is -0.399 e. The predicted octanol–water partition coefficient (Wildman–Crippen LogP) is 3.51. The molecule has 0 atom stereocenters. The van der Waals surface area contributed by atoms with Crippen molar-refractivity contribution in [1.29, 1.82) is 0 Å². The van der Waals surface area contributed by atoms with E-state index in [4.69, 9.17) is 17.3 Å². The Morgan fingerprint density at radius 1 is 1.47 bits per heavy atom. The maximum atomic E-state index is 12.1. The van der Waals surface area contributed by atoms with E-state index in [9.17, 15) is 4.79 Å². The first kappa shape index (κ1) is 12.4. The molecule has 0 radical (unpaired) electrons. The zero-order valence-electron chi connectivity index (χ0n) is 10.0. The van der Waals surface area contributed by atoms with Gasteiger partial charge in [0.25, 0.3) is 5.91 Å². The van der Waals surface area contributed by atoms with Gasteiger partial charge in [-0.15, -0.1) is 11.3 Å². The molecule has 1 aliphatic rings. The van der Waals surface area contributed by atoms with Crippen molar-refractivity contribution in [3.05, 3.63) is 39.9 Å². The topological polar surface area (TPSA) is 68.0 Å². The summed E-state index contributed by atoms with van der Waals surface area (Å²) in [7, 11) is 0. The summed E-state index contributed by atoms with van der Waals surface area (Å²) >= 11 is 7.42. The molecule has 0 saturated heterocycles. The fourth-order valence-electron chi connectivity index (χ4n) is 1.79. The first-order chi connectivity index (χ1) is 9.13. The van der Waals surface area contributed by atoms with Crippen molar-refractivity contribution in [3.8, 4) is 0 Å². The number of hydrogen-bond acceptors (Lipinski definition) is 4. The first-order valence-electron chi connectivity index (χ1n) is 5.95. The van der Waals surface area contributed by atoms with Crippen molar-refractivity contribution in [1.82, 2.24) is 4.98 Å². The van der Waals surface area contributed by atoms with Gasteiger partial charge in [0.2, 0.25) is 0 Å². The summed E-state index contributed by atoms with van der Waals surface area (Å²) in [5.74, 6) is 0.298. The number of nitrogens with zero attached hydrogens (tertiary/aromatic N) is 1. The van der Waals surface area contributed by atoms with E-state index in [1.807, 2.05) is 5.38 Å². The van der Waals surface area contributed by atoms with E-state index in [0.717, 1.165) is 5.69 Å². The lowest BCUT2D eigenvalue weighted by atomic mass is 10.2. The SMILES string of the molecule is Nc1ccc(Cl)c(C(=O)Nc2nc(C3CC3)cs2)c1. The fraction of sp³-hybridized carbons (Fsp3) is 0.231. The zero-order chi connectivity index (χ0) is 13.4. The van der Waals surface area contributed by atoms with Gasteiger partial charge in [0.1, 0.15) is 0 Å². The number of carbonyl (C=O) groups excluding carboxylic acids is 1. The molecule has 6 heteroatoms. The number of hydrogen-bond donors (Lipinski definition) is 2. The molecule has 1 aromatic carbocycles. The number of aromatic nitrogens is 1. The van der Waals surface area contributed by atoms with Crippen LogP contribution in [0.3, 0.4) is 0 Å². The first-order valence-corrected chi connectivity index (χ1v) is 7.21. The summed E-state index contributed by atoms with van der Waals surface area (Å²) in [4.78, 5) is 16.5. The van der Waals surface area contributed by atoms with E-state index < -0.39 is 0 Å². The molecule has 1 heterocycles. The second-order valence-corrected chi connectivity index (χ2v) is 5.81. The van der Waals surface area contributed by atoms with Gasteiger partial charge in [0.05, 0.1) is 16.3 Å². The summed E-state index contributed by atoms with van der Waals surface area (Å²) in [5, 5.41) is 5.73. The third kappa shape index (κ3) is 2.72. The summed E-state index contributed by atoms with van der Waals surface area (Å²) in [6, 6.07) is 4.84. The van der Waals surface area contributed by atoms with Crippen LogP contribution in [0.5, 0.6) is 0 Å². The minimum absolute atomic E-state index is 0.283. The van der Waals surface area contributed by atoms with Crippen LogP contribution in [-0.4, -0.2) is 10.9 Å². The summed E-state index contributed by atoms with van der Waals surface area (Å²) in [6.45, 7) is 0. The zero-order valence-corrected chi connectivity index (χ0v) is 11.6. The number of thiazole rings is 1. The number of nitrogens with two attached hydrogens (primary N) is 1. The lowest BCUT2D eigenvalue weighted by Gasteiger charge is -2.05. The number of benzene rings is 1. The molecule has 2 aromatic rings. The van der Waals surface area contributed by atoms with Crippen molar-refractivity contribution < 1.29 is 4.79 Å². The third-order valence-electron chi connectivity index (χ3n) is 2.97. The number of carbonyl (C=O) groups is 1. The molecule has 98 valence electrons.